The lowest BCUT2D eigenvalue weighted by Crippen LogP contribution is -2.44. The zero-order valence-corrected chi connectivity index (χ0v) is 14.2. The van der Waals surface area contributed by atoms with Crippen LogP contribution in [-0.4, -0.2) is 40.8 Å². The number of thiazole rings is 1. The SMILES string of the molecule is CCN(C(=O)c1csc(Nc2cc(F)cc(F)c2)n1)C1CCNC1=O. The van der Waals surface area contributed by atoms with Gasteiger partial charge >= 0.3 is 0 Å². The van der Waals surface area contributed by atoms with Crippen LogP contribution in [0.1, 0.15) is 23.8 Å². The summed E-state index contributed by atoms with van der Waals surface area (Å²) in [5.41, 5.74) is 0.388. The van der Waals surface area contributed by atoms with E-state index in [-0.39, 0.29) is 23.2 Å². The number of benzene rings is 1. The third-order valence-electron chi connectivity index (χ3n) is 3.83. The second kappa shape index (κ2) is 7.14. The van der Waals surface area contributed by atoms with Gasteiger partial charge in [-0.05, 0) is 25.5 Å². The van der Waals surface area contributed by atoms with Crippen LogP contribution in [0.4, 0.5) is 19.6 Å². The lowest BCUT2D eigenvalue weighted by atomic mass is 10.2. The molecular weight excluding hydrogens is 350 g/mol. The zero-order chi connectivity index (χ0) is 18.0. The maximum Gasteiger partial charge on any atom is 0.274 e. The van der Waals surface area contributed by atoms with Gasteiger partial charge in [0.15, 0.2) is 5.13 Å². The fraction of sp³-hybridized carbons (Fsp3) is 0.312. The Bertz CT molecular complexity index is 791. The number of nitrogens with zero attached hydrogens (tertiary/aromatic N) is 2. The first kappa shape index (κ1) is 17.3. The number of amides is 2. The zero-order valence-electron chi connectivity index (χ0n) is 13.4. The van der Waals surface area contributed by atoms with E-state index in [4.69, 9.17) is 0 Å². The molecule has 1 aromatic heterocycles. The smallest absolute Gasteiger partial charge is 0.274 e. The second-order valence-electron chi connectivity index (χ2n) is 5.51. The molecule has 25 heavy (non-hydrogen) atoms. The molecule has 6 nitrogen and oxygen atoms in total. The lowest BCUT2D eigenvalue weighted by Gasteiger charge is -2.24. The monoisotopic (exact) mass is 366 g/mol. The van der Waals surface area contributed by atoms with Crippen molar-refractivity contribution in [1.29, 1.82) is 0 Å². The normalized spacial score (nSPS) is 16.6. The van der Waals surface area contributed by atoms with E-state index in [9.17, 15) is 18.4 Å². The number of hydrogen-bond acceptors (Lipinski definition) is 5. The Morgan fingerprint density at radius 1 is 1.40 bits per heavy atom. The topological polar surface area (TPSA) is 74.3 Å². The third-order valence-corrected chi connectivity index (χ3v) is 4.59. The summed E-state index contributed by atoms with van der Waals surface area (Å²) in [5.74, 6) is -1.93. The molecule has 2 N–H and O–H groups in total. The van der Waals surface area contributed by atoms with Crippen molar-refractivity contribution >= 4 is 34.0 Å². The first-order valence-electron chi connectivity index (χ1n) is 7.75. The molecule has 2 heterocycles. The van der Waals surface area contributed by atoms with Gasteiger partial charge in [-0.3, -0.25) is 9.59 Å². The third kappa shape index (κ3) is 3.76. The van der Waals surface area contributed by atoms with Gasteiger partial charge in [-0.1, -0.05) is 0 Å². The number of rotatable bonds is 5. The maximum absolute atomic E-state index is 13.2. The van der Waals surface area contributed by atoms with Crippen LogP contribution in [0, 0.1) is 11.6 Å². The number of carbonyl (C=O) groups is 2. The van der Waals surface area contributed by atoms with E-state index < -0.39 is 17.7 Å². The van der Waals surface area contributed by atoms with Gasteiger partial charge in [-0.25, -0.2) is 13.8 Å². The van der Waals surface area contributed by atoms with E-state index in [0.717, 1.165) is 29.5 Å². The summed E-state index contributed by atoms with van der Waals surface area (Å²) in [6, 6.07) is 2.54. The molecule has 0 bridgehead atoms. The van der Waals surface area contributed by atoms with Crippen molar-refractivity contribution < 1.29 is 18.4 Å². The van der Waals surface area contributed by atoms with Crippen molar-refractivity contribution in [2.24, 2.45) is 0 Å². The van der Waals surface area contributed by atoms with E-state index in [1.165, 1.54) is 4.90 Å². The van der Waals surface area contributed by atoms with Crippen LogP contribution < -0.4 is 10.6 Å². The minimum absolute atomic E-state index is 0.168. The van der Waals surface area contributed by atoms with Crippen molar-refractivity contribution in [3.8, 4) is 0 Å². The molecule has 1 unspecified atom stereocenters. The van der Waals surface area contributed by atoms with E-state index in [1.807, 2.05) is 0 Å². The number of carbonyl (C=O) groups excluding carboxylic acids is 2. The molecule has 1 atom stereocenters. The van der Waals surface area contributed by atoms with E-state index in [2.05, 4.69) is 15.6 Å². The Balaban J connectivity index is 1.75. The van der Waals surface area contributed by atoms with Gasteiger partial charge in [0, 0.05) is 30.2 Å². The summed E-state index contributed by atoms with van der Waals surface area (Å²) in [5, 5.41) is 7.36. The van der Waals surface area contributed by atoms with Crippen LogP contribution in [0.5, 0.6) is 0 Å². The van der Waals surface area contributed by atoms with Gasteiger partial charge in [0.25, 0.3) is 5.91 Å². The van der Waals surface area contributed by atoms with Crippen LogP contribution >= 0.6 is 11.3 Å². The molecule has 3 rings (SSSR count). The minimum Gasteiger partial charge on any atom is -0.354 e. The molecule has 1 aliphatic heterocycles. The first-order chi connectivity index (χ1) is 12.0. The molecule has 1 fully saturated rings. The van der Waals surface area contributed by atoms with Gasteiger partial charge in [-0.15, -0.1) is 11.3 Å². The van der Waals surface area contributed by atoms with Crippen molar-refractivity contribution in [3.63, 3.8) is 0 Å². The van der Waals surface area contributed by atoms with Crippen LogP contribution in [0.3, 0.4) is 0 Å². The Morgan fingerprint density at radius 3 is 2.72 bits per heavy atom. The van der Waals surface area contributed by atoms with Crippen molar-refractivity contribution in [2.75, 3.05) is 18.4 Å². The summed E-state index contributed by atoms with van der Waals surface area (Å²) in [4.78, 5) is 30.1. The number of aromatic nitrogens is 1. The molecule has 9 heteroatoms. The fourth-order valence-electron chi connectivity index (χ4n) is 2.71. The average molecular weight is 366 g/mol. The van der Waals surface area contributed by atoms with Crippen molar-refractivity contribution in [3.05, 3.63) is 40.9 Å². The molecular formula is C16H16F2N4O2S. The second-order valence-corrected chi connectivity index (χ2v) is 6.37. The molecule has 0 radical (unpaired) electrons. The van der Waals surface area contributed by atoms with E-state index in [0.29, 0.717) is 24.6 Å². The molecule has 1 saturated heterocycles. The fourth-order valence-corrected chi connectivity index (χ4v) is 3.41. The number of hydrogen-bond donors (Lipinski definition) is 2. The molecule has 2 aromatic rings. The molecule has 132 valence electrons. The number of nitrogens with one attached hydrogen (secondary N) is 2. The molecule has 1 aromatic carbocycles. The van der Waals surface area contributed by atoms with Gasteiger partial charge in [0.1, 0.15) is 23.4 Å². The largest absolute Gasteiger partial charge is 0.354 e. The number of likely N-dealkylation sites (N-methyl/N-ethyl adjacent to an activating group) is 1. The first-order valence-corrected chi connectivity index (χ1v) is 8.63. The predicted molar refractivity (Wildman–Crippen MR) is 89.9 cm³/mol. The summed E-state index contributed by atoms with van der Waals surface area (Å²) in [6.45, 7) is 2.72. The van der Waals surface area contributed by atoms with Gasteiger partial charge < -0.3 is 15.5 Å². The summed E-state index contributed by atoms with van der Waals surface area (Å²) in [7, 11) is 0. The Kier molecular flexibility index (Phi) is 4.93. The molecule has 2 amide bonds. The number of halogens is 2. The highest BCUT2D eigenvalue weighted by atomic mass is 32.1. The molecule has 0 spiro atoms. The van der Waals surface area contributed by atoms with E-state index >= 15 is 0 Å². The highest BCUT2D eigenvalue weighted by Crippen LogP contribution is 2.24. The van der Waals surface area contributed by atoms with Gasteiger partial charge in [-0.2, -0.15) is 0 Å². The van der Waals surface area contributed by atoms with Crippen LogP contribution in [0.25, 0.3) is 0 Å². The van der Waals surface area contributed by atoms with Crippen molar-refractivity contribution in [1.82, 2.24) is 15.2 Å². The molecule has 0 saturated carbocycles. The highest BCUT2D eigenvalue weighted by molar-refractivity contribution is 7.14. The quantitative estimate of drug-likeness (QED) is 0.853. The lowest BCUT2D eigenvalue weighted by molar-refractivity contribution is -0.123. The standard InChI is InChI=1S/C16H16F2N4O2S/c1-2-22(13-3-4-19-14(13)23)15(24)12-8-25-16(21-12)20-11-6-9(17)5-10(18)7-11/h5-8,13H,2-4H2,1H3,(H,19,23)(H,20,21). The van der Waals surface area contributed by atoms with E-state index in [1.54, 1.807) is 12.3 Å². The Hall–Kier alpha value is -2.55. The van der Waals surface area contributed by atoms with Crippen molar-refractivity contribution in [2.45, 2.75) is 19.4 Å². The Labute approximate surface area is 146 Å². The average Bonchev–Trinajstić information content (AvgIpc) is 3.17. The Morgan fingerprint density at radius 2 is 2.12 bits per heavy atom. The van der Waals surface area contributed by atoms with Crippen LogP contribution in [0.15, 0.2) is 23.6 Å². The molecule has 1 aliphatic rings. The summed E-state index contributed by atoms with van der Waals surface area (Å²) < 4.78 is 26.5. The van der Waals surface area contributed by atoms with Gasteiger partial charge in [0.2, 0.25) is 5.91 Å². The van der Waals surface area contributed by atoms with Gasteiger partial charge in [0.05, 0.1) is 0 Å². The van der Waals surface area contributed by atoms with Crippen LogP contribution in [0.2, 0.25) is 0 Å². The summed E-state index contributed by atoms with van der Waals surface area (Å²) in [6.07, 6.45) is 0.566. The number of anilines is 2. The van der Waals surface area contributed by atoms with Crippen LogP contribution in [-0.2, 0) is 4.79 Å². The highest BCUT2D eigenvalue weighted by Gasteiger charge is 2.33. The summed E-state index contributed by atoms with van der Waals surface area (Å²) >= 11 is 1.14. The molecule has 0 aliphatic carbocycles. The minimum atomic E-state index is -0.709. The maximum atomic E-state index is 13.2. The predicted octanol–water partition coefficient (Wildman–Crippen LogP) is 2.52.